The van der Waals surface area contributed by atoms with Gasteiger partial charge in [0.1, 0.15) is 0 Å². The van der Waals surface area contributed by atoms with Crippen molar-refractivity contribution in [2.24, 2.45) is 5.92 Å². The summed E-state index contributed by atoms with van der Waals surface area (Å²) in [6, 6.07) is 15.2. The van der Waals surface area contributed by atoms with Gasteiger partial charge in [-0.15, -0.1) is 0 Å². The van der Waals surface area contributed by atoms with Gasteiger partial charge in [0, 0.05) is 0 Å². The molecule has 18 heavy (non-hydrogen) atoms. The molecule has 0 bridgehead atoms. The Morgan fingerprint density at radius 1 is 0.833 bits per heavy atom. The normalized spacial score (nSPS) is 10.9. The van der Waals surface area contributed by atoms with E-state index in [2.05, 4.69) is 70.2 Å². The Labute approximate surface area is 111 Å². The van der Waals surface area contributed by atoms with Gasteiger partial charge in [-0.3, -0.25) is 0 Å². The molecule has 0 aromatic heterocycles. The maximum atomic E-state index is 2.30. The highest BCUT2D eigenvalue weighted by atomic mass is 14.1. The summed E-state index contributed by atoms with van der Waals surface area (Å²) in [6.07, 6.45) is 1.17. The molecule has 0 saturated heterocycles. The lowest BCUT2D eigenvalue weighted by atomic mass is 9.90. The van der Waals surface area contributed by atoms with Crippen LogP contribution in [0.4, 0.5) is 0 Å². The van der Waals surface area contributed by atoms with Gasteiger partial charge >= 0.3 is 0 Å². The first-order valence-electron chi connectivity index (χ1n) is 6.74. The zero-order chi connectivity index (χ0) is 13.1. The third kappa shape index (κ3) is 2.64. The molecule has 0 fully saturated rings. The van der Waals surface area contributed by atoms with Crippen LogP contribution in [-0.4, -0.2) is 0 Å². The van der Waals surface area contributed by atoms with Crippen LogP contribution < -0.4 is 0 Å². The van der Waals surface area contributed by atoms with E-state index in [0.29, 0.717) is 5.92 Å². The average Bonchev–Trinajstić information content (AvgIpc) is 2.36. The minimum atomic E-state index is 0.714. The molecule has 0 heteroatoms. The van der Waals surface area contributed by atoms with E-state index in [1.165, 1.54) is 34.2 Å². The van der Waals surface area contributed by atoms with Crippen molar-refractivity contribution in [3.63, 3.8) is 0 Å². The first-order chi connectivity index (χ1) is 8.59. The van der Waals surface area contributed by atoms with E-state index in [-0.39, 0.29) is 0 Å². The van der Waals surface area contributed by atoms with E-state index in [9.17, 15) is 0 Å². The molecule has 0 nitrogen and oxygen atoms in total. The Morgan fingerprint density at radius 3 is 2.11 bits per heavy atom. The third-order valence-corrected chi connectivity index (χ3v) is 3.61. The van der Waals surface area contributed by atoms with Gasteiger partial charge < -0.3 is 0 Å². The summed E-state index contributed by atoms with van der Waals surface area (Å²) >= 11 is 0. The standard InChI is InChI=1S/C18H22/c1-13(2)12-17-10-11-18(15(4)14(17)3)16-8-6-5-7-9-16/h5-11,13H,12H2,1-4H3. The van der Waals surface area contributed by atoms with Crippen molar-refractivity contribution >= 4 is 0 Å². The van der Waals surface area contributed by atoms with Crippen molar-refractivity contribution in [2.45, 2.75) is 34.1 Å². The van der Waals surface area contributed by atoms with Crippen LogP contribution in [0, 0.1) is 19.8 Å². The highest BCUT2D eigenvalue weighted by Crippen LogP contribution is 2.28. The van der Waals surface area contributed by atoms with Crippen LogP contribution >= 0.6 is 0 Å². The molecule has 0 amide bonds. The first kappa shape index (κ1) is 12.9. The fourth-order valence-electron chi connectivity index (χ4n) is 2.47. The second-order valence-electron chi connectivity index (χ2n) is 5.49. The zero-order valence-electron chi connectivity index (χ0n) is 11.8. The van der Waals surface area contributed by atoms with Crippen molar-refractivity contribution in [1.29, 1.82) is 0 Å². The van der Waals surface area contributed by atoms with Crippen molar-refractivity contribution in [1.82, 2.24) is 0 Å². The van der Waals surface area contributed by atoms with E-state index < -0.39 is 0 Å². The second kappa shape index (κ2) is 5.39. The van der Waals surface area contributed by atoms with E-state index in [0.717, 1.165) is 0 Å². The molecule has 0 unspecified atom stereocenters. The molecule has 2 aromatic carbocycles. The predicted molar refractivity (Wildman–Crippen MR) is 79.9 cm³/mol. The van der Waals surface area contributed by atoms with Gasteiger partial charge in [0.05, 0.1) is 0 Å². The van der Waals surface area contributed by atoms with E-state index >= 15 is 0 Å². The van der Waals surface area contributed by atoms with Crippen LogP contribution in [0.1, 0.15) is 30.5 Å². The lowest BCUT2D eigenvalue weighted by Crippen LogP contribution is -1.99. The maximum absolute atomic E-state index is 2.30. The smallest absolute Gasteiger partial charge is 0.0152 e. The van der Waals surface area contributed by atoms with Gasteiger partial charge in [0.25, 0.3) is 0 Å². The molecule has 0 saturated carbocycles. The highest BCUT2D eigenvalue weighted by Gasteiger charge is 2.08. The Bertz CT molecular complexity index is 521. The topological polar surface area (TPSA) is 0 Å². The summed E-state index contributed by atoms with van der Waals surface area (Å²) in [7, 11) is 0. The van der Waals surface area contributed by atoms with Gasteiger partial charge in [-0.05, 0) is 54.0 Å². The van der Waals surface area contributed by atoms with Crippen LogP contribution in [0.3, 0.4) is 0 Å². The van der Waals surface area contributed by atoms with Crippen molar-refractivity contribution in [3.05, 3.63) is 59.2 Å². The number of rotatable bonds is 3. The van der Waals surface area contributed by atoms with Crippen LogP contribution in [0.15, 0.2) is 42.5 Å². The molecule has 0 atom stereocenters. The number of benzene rings is 2. The van der Waals surface area contributed by atoms with Gasteiger partial charge in [-0.1, -0.05) is 56.3 Å². The van der Waals surface area contributed by atoms with Crippen molar-refractivity contribution in [3.8, 4) is 11.1 Å². The van der Waals surface area contributed by atoms with Gasteiger partial charge in [-0.25, -0.2) is 0 Å². The summed E-state index contributed by atoms with van der Waals surface area (Å²) in [5.41, 5.74) is 7.03. The molecular formula is C18H22. The Morgan fingerprint density at radius 2 is 1.50 bits per heavy atom. The second-order valence-corrected chi connectivity index (χ2v) is 5.49. The monoisotopic (exact) mass is 238 g/mol. The summed E-state index contributed by atoms with van der Waals surface area (Å²) in [5.74, 6) is 0.714. The van der Waals surface area contributed by atoms with Gasteiger partial charge in [-0.2, -0.15) is 0 Å². The van der Waals surface area contributed by atoms with Gasteiger partial charge in [0.2, 0.25) is 0 Å². The molecule has 2 aromatic rings. The van der Waals surface area contributed by atoms with Crippen LogP contribution in [-0.2, 0) is 6.42 Å². The maximum Gasteiger partial charge on any atom is -0.0152 e. The average molecular weight is 238 g/mol. The molecule has 0 heterocycles. The van der Waals surface area contributed by atoms with Crippen molar-refractivity contribution < 1.29 is 0 Å². The lowest BCUT2D eigenvalue weighted by molar-refractivity contribution is 0.644. The van der Waals surface area contributed by atoms with Gasteiger partial charge in [0.15, 0.2) is 0 Å². The molecule has 0 spiro atoms. The molecule has 0 aliphatic carbocycles. The fourth-order valence-corrected chi connectivity index (χ4v) is 2.47. The molecule has 0 aliphatic rings. The molecule has 2 rings (SSSR count). The highest BCUT2D eigenvalue weighted by molar-refractivity contribution is 5.69. The molecular weight excluding hydrogens is 216 g/mol. The Balaban J connectivity index is 2.44. The molecule has 0 N–H and O–H groups in total. The molecule has 94 valence electrons. The summed E-state index contributed by atoms with van der Waals surface area (Å²) < 4.78 is 0. The SMILES string of the molecule is Cc1c(CC(C)C)ccc(-c2ccccc2)c1C. The predicted octanol–water partition coefficient (Wildman–Crippen LogP) is 5.17. The number of hydrogen-bond acceptors (Lipinski definition) is 0. The molecule has 0 radical (unpaired) electrons. The molecule has 0 aliphatic heterocycles. The van der Waals surface area contributed by atoms with Crippen molar-refractivity contribution in [2.75, 3.05) is 0 Å². The van der Waals surface area contributed by atoms with E-state index in [1.807, 2.05) is 0 Å². The van der Waals surface area contributed by atoms with Crippen LogP contribution in [0.25, 0.3) is 11.1 Å². The summed E-state index contributed by atoms with van der Waals surface area (Å²) in [6.45, 7) is 9.04. The minimum Gasteiger partial charge on any atom is -0.0625 e. The summed E-state index contributed by atoms with van der Waals surface area (Å²) in [4.78, 5) is 0. The van der Waals surface area contributed by atoms with Crippen LogP contribution in [0.5, 0.6) is 0 Å². The largest absolute Gasteiger partial charge is 0.0625 e. The number of hydrogen-bond donors (Lipinski definition) is 0. The first-order valence-corrected chi connectivity index (χ1v) is 6.74. The van der Waals surface area contributed by atoms with E-state index in [1.54, 1.807) is 0 Å². The van der Waals surface area contributed by atoms with Crippen LogP contribution in [0.2, 0.25) is 0 Å². The fraction of sp³-hybridized carbons (Fsp3) is 0.333. The Kier molecular flexibility index (Phi) is 3.86. The zero-order valence-corrected chi connectivity index (χ0v) is 11.8. The summed E-state index contributed by atoms with van der Waals surface area (Å²) in [5, 5.41) is 0. The van der Waals surface area contributed by atoms with E-state index in [4.69, 9.17) is 0 Å². The Hall–Kier alpha value is -1.56. The quantitative estimate of drug-likeness (QED) is 0.692. The minimum absolute atomic E-state index is 0.714. The lowest BCUT2D eigenvalue weighted by Gasteiger charge is -2.15. The third-order valence-electron chi connectivity index (χ3n) is 3.61.